The van der Waals surface area contributed by atoms with Crippen molar-refractivity contribution >= 4 is 23.2 Å². The highest BCUT2D eigenvalue weighted by Crippen LogP contribution is 2.18. The van der Waals surface area contributed by atoms with Gasteiger partial charge in [-0.2, -0.15) is 0 Å². The molecule has 19 heavy (non-hydrogen) atoms. The SMILES string of the molecule is Cc1ccc(C(=O)N2CCN(CCC(N)=O)CC2)s1. The summed E-state index contributed by atoms with van der Waals surface area (Å²) in [5.74, 6) is -0.153. The fourth-order valence-electron chi connectivity index (χ4n) is 2.15. The Morgan fingerprint density at radius 2 is 1.95 bits per heavy atom. The van der Waals surface area contributed by atoms with Crippen molar-refractivity contribution in [1.82, 2.24) is 9.80 Å². The van der Waals surface area contributed by atoms with E-state index in [0.29, 0.717) is 26.1 Å². The van der Waals surface area contributed by atoms with Crippen LogP contribution >= 0.6 is 11.3 Å². The minimum atomic E-state index is -0.271. The molecule has 2 heterocycles. The van der Waals surface area contributed by atoms with Gasteiger partial charge in [-0.3, -0.25) is 14.5 Å². The topological polar surface area (TPSA) is 66.6 Å². The number of amides is 2. The molecular weight excluding hydrogens is 262 g/mol. The summed E-state index contributed by atoms with van der Waals surface area (Å²) in [5.41, 5.74) is 5.13. The van der Waals surface area contributed by atoms with E-state index in [2.05, 4.69) is 4.90 Å². The van der Waals surface area contributed by atoms with Crippen LogP contribution in [0.15, 0.2) is 12.1 Å². The summed E-state index contributed by atoms with van der Waals surface area (Å²) in [6, 6.07) is 3.86. The number of hydrogen-bond acceptors (Lipinski definition) is 4. The number of thiophene rings is 1. The van der Waals surface area contributed by atoms with Gasteiger partial charge in [-0.05, 0) is 19.1 Å². The zero-order chi connectivity index (χ0) is 13.8. The Morgan fingerprint density at radius 1 is 1.26 bits per heavy atom. The minimum Gasteiger partial charge on any atom is -0.370 e. The molecule has 0 atom stereocenters. The molecule has 1 saturated heterocycles. The Bertz CT molecular complexity index is 464. The highest BCUT2D eigenvalue weighted by Gasteiger charge is 2.22. The molecule has 1 aliphatic heterocycles. The first-order valence-electron chi connectivity index (χ1n) is 6.42. The first-order chi connectivity index (χ1) is 9.06. The van der Waals surface area contributed by atoms with Crippen LogP contribution in [0.2, 0.25) is 0 Å². The third-order valence-electron chi connectivity index (χ3n) is 3.29. The molecule has 5 nitrogen and oxygen atoms in total. The van der Waals surface area contributed by atoms with Gasteiger partial charge in [-0.25, -0.2) is 0 Å². The summed E-state index contributed by atoms with van der Waals surface area (Å²) >= 11 is 1.54. The molecule has 1 aromatic rings. The Hall–Kier alpha value is -1.40. The Labute approximate surface area is 117 Å². The molecule has 0 spiro atoms. The summed E-state index contributed by atoms with van der Waals surface area (Å²) in [7, 11) is 0. The van der Waals surface area contributed by atoms with Crippen molar-refractivity contribution in [2.24, 2.45) is 5.73 Å². The molecule has 6 heteroatoms. The number of aryl methyl sites for hydroxylation is 1. The second kappa shape index (κ2) is 6.16. The van der Waals surface area contributed by atoms with Gasteiger partial charge in [0.1, 0.15) is 0 Å². The van der Waals surface area contributed by atoms with E-state index in [0.717, 1.165) is 22.8 Å². The molecule has 0 unspecified atom stereocenters. The number of primary amides is 1. The largest absolute Gasteiger partial charge is 0.370 e. The van der Waals surface area contributed by atoms with Crippen molar-refractivity contribution in [3.8, 4) is 0 Å². The van der Waals surface area contributed by atoms with E-state index in [-0.39, 0.29) is 11.8 Å². The maximum Gasteiger partial charge on any atom is 0.264 e. The number of piperazine rings is 1. The third kappa shape index (κ3) is 3.78. The second-order valence-electron chi connectivity index (χ2n) is 4.76. The lowest BCUT2D eigenvalue weighted by Gasteiger charge is -2.34. The average Bonchev–Trinajstić information content (AvgIpc) is 2.83. The first-order valence-corrected chi connectivity index (χ1v) is 7.24. The molecular formula is C13H19N3O2S. The number of carbonyl (C=O) groups excluding carboxylic acids is 2. The van der Waals surface area contributed by atoms with Crippen LogP contribution in [0.3, 0.4) is 0 Å². The van der Waals surface area contributed by atoms with E-state index in [1.54, 1.807) is 0 Å². The van der Waals surface area contributed by atoms with Crippen LogP contribution in [0, 0.1) is 6.92 Å². The first kappa shape index (κ1) is 14.0. The molecule has 0 aromatic carbocycles. The van der Waals surface area contributed by atoms with Gasteiger partial charge in [-0.1, -0.05) is 0 Å². The van der Waals surface area contributed by atoms with Gasteiger partial charge in [-0.15, -0.1) is 11.3 Å². The third-order valence-corrected chi connectivity index (χ3v) is 4.27. The van der Waals surface area contributed by atoms with Crippen LogP contribution in [0.5, 0.6) is 0 Å². The lowest BCUT2D eigenvalue weighted by Crippen LogP contribution is -2.49. The highest BCUT2D eigenvalue weighted by molar-refractivity contribution is 7.13. The zero-order valence-electron chi connectivity index (χ0n) is 11.1. The molecule has 2 amide bonds. The smallest absolute Gasteiger partial charge is 0.264 e. The van der Waals surface area contributed by atoms with Crippen molar-refractivity contribution in [3.05, 3.63) is 21.9 Å². The predicted molar refractivity (Wildman–Crippen MR) is 75.2 cm³/mol. The van der Waals surface area contributed by atoms with Gasteiger partial charge in [0, 0.05) is 44.0 Å². The Kier molecular flexibility index (Phi) is 4.55. The van der Waals surface area contributed by atoms with E-state index in [4.69, 9.17) is 5.73 Å². The summed E-state index contributed by atoms with van der Waals surface area (Å²) < 4.78 is 0. The molecule has 0 bridgehead atoms. The summed E-state index contributed by atoms with van der Waals surface area (Å²) in [4.78, 5) is 29.0. The number of hydrogen-bond donors (Lipinski definition) is 1. The van der Waals surface area contributed by atoms with Crippen LogP contribution in [-0.4, -0.2) is 54.3 Å². The molecule has 2 N–H and O–H groups in total. The lowest BCUT2D eigenvalue weighted by atomic mass is 10.2. The summed E-state index contributed by atoms with van der Waals surface area (Å²) in [6.45, 7) is 5.74. The van der Waals surface area contributed by atoms with E-state index in [1.807, 2.05) is 24.0 Å². The van der Waals surface area contributed by atoms with Crippen molar-refractivity contribution < 1.29 is 9.59 Å². The van der Waals surface area contributed by atoms with E-state index in [9.17, 15) is 9.59 Å². The van der Waals surface area contributed by atoms with Gasteiger partial charge in [0.25, 0.3) is 5.91 Å². The predicted octanol–water partition coefficient (Wildman–Crippen LogP) is 0.690. The fraction of sp³-hybridized carbons (Fsp3) is 0.538. The molecule has 1 aliphatic rings. The molecule has 0 saturated carbocycles. The van der Waals surface area contributed by atoms with Crippen molar-refractivity contribution in [2.75, 3.05) is 32.7 Å². The Morgan fingerprint density at radius 3 is 2.47 bits per heavy atom. The summed E-state index contributed by atoms with van der Waals surface area (Å²) in [6.07, 6.45) is 0.387. The molecule has 0 aliphatic carbocycles. The lowest BCUT2D eigenvalue weighted by molar-refractivity contribution is -0.118. The van der Waals surface area contributed by atoms with Crippen LogP contribution < -0.4 is 5.73 Å². The number of nitrogens with zero attached hydrogens (tertiary/aromatic N) is 2. The normalized spacial score (nSPS) is 16.6. The quantitative estimate of drug-likeness (QED) is 0.883. The number of rotatable bonds is 4. The molecule has 0 radical (unpaired) electrons. The average molecular weight is 281 g/mol. The van der Waals surface area contributed by atoms with Gasteiger partial charge < -0.3 is 10.6 Å². The van der Waals surface area contributed by atoms with E-state index < -0.39 is 0 Å². The maximum atomic E-state index is 12.2. The van der Waals surface area contributed by atoms with Gasteiger partial charge in [0.15, 0.2) is 0 Å². The van der Waals surface area contributed by atoms with E-state index in [1.165, 1.54) is 11.3 Å². The highest BCUT2D eigenvalue weighted by atomic mass is 32.1. The maximum absolute atomic E-state index is 12.2. The van der Waals surface area contributed by atoms with Crippen molar-refractivity contribution in [3.63, 3.8) is 0 Å². The van der Waals surface area contributed by atoms with Crippen molar-refractivity contribution in [1.29, 1.82) is 0 Å². The Balaban J connectivity index is 1.83. The zero-order valence-corrected chi connectivity index (χ0v) is 11.9. The second-order valence-corrected chi connectivity index (χ2v) is 6.05. The molecule has 1 aromatic heterocycles. The summed E-state index contributed by atoms with van der Waals surface area (Å²) in [5, 5.41) is 0. The molecule has 1 fully saturated rings. The van der Waals surface area contributed by atoms with Gasteiger partial charge >= 0.3 is 0 Å². The minimum absolute atomic E-state index is 0.118. The monoisotopic (exact) mass is 281 g/mol. The van der Waals surface area contributed by atoms with Gasteiger partial charge in [0.05, 0.1) is 4.88 Å². The standard InChI is InChI=1S/C13H19N3O2S/c1-10-2-3-11(19-10)13(18)16-8-6-15(7-9-16)5-4-12(14)17/h2-3H,4-9H2,1H3,(H2,14,17). The van der Waals surface area contributed by atoms with E-state index >= 15 is 0 Å². The molecule has 2 rings (SSSR count). The van der Waals surface area contributed by atoms with Crippen molar-refractivity contribution in [2.45, 2.75) is 13.3 Å². The number of nitrogens with two attached hydrogens (primary N) is 1. The van der Waals surface area contributed by atoms with Crippen LogP contribution in [0.1, 0.15) is 21.0 Å². The van der Waals surface area contributed by atoms with Crippen LogP contribution in [0.4, 0.5) is 0 Å². The fourth-order valence-corrected chi connectivity index (χ4v) is 2.98. The number of carbonyl (C=O) groups is 2. The molecule has 104 valence electrons. The van der Waals surface area contributed by atoms with Crippen LogP contribution in [-0.2, 0) is 4.79 Å². The van der Waals surface area contributed by atoms with Gasteiger partial charge in [0.2, 0.25) is 5.91 Å². The van der Waals surface area contributed by atoms with Crippen LogP contribution in [0.25, 0.3) is 0 Å².